The monoisotopic (exact) mass is 595 g/mol. The molecule has 204 valence electrons. The molecule has 1 saturated heterocycles. The van der Waals surface area contributed by atoms with Gasteiger partial charge in [0.2, 0.25) is 15.9 Å². The molecule has 8 nitrogen and oxygen atoms in total. The van der Waals surface area contributed by atoms with Crippen molar-refractivity contribution >= 4 is 66.3 Å². The Labute approximate surface area is 235 Å². The van der Waals surface area contributed by atoms with Gasteiger partial charge in [-0.1, -0.05) is 37.6 Å². The quantitative estimate of drug-likeness (QED) is 0.238. The maximum atomic E-state index is 13.5. The lowest BCUT2D eigenvalue weighted by Crippen LogP contribution is -2.52. The molecule has 3 aromatic rings. The van der Waals surface area contributed by atoms with E-state index in [0.717, 1.165) is 20.8 Å². The van der Waals surface area contributed by atoms with Gasteiger partial charge in [-0.05, 0) is 30.5 Å². The zero-order valence-corrected chi connectivity index (χ0v) is 24.7. The first-order chi connectivity index (χ1) is 17.9. The minimum absolute atomic E-state index is 0.182. The fourth-order valence-electron chi connectivity index (χ4n) is 4.30. The van der Waals surface area contributed by atoms with Gasteiger partial charge in [-0.25, -0.2) is 13.4 Å². The third kappa shape index (κ3) is 6.12. The molecule has 3 heterocycles. The van der Waals surface area contributed by atoms with E-state index in [-0.39, 0.29) is 44.5 Å². The van der Waals surface area contributed by atoms with E-state index in [2.05, 4.69) is 11.6 Å². The van der Waals surface area contributed by atoms with E-state index in [9.17, 15) is 18.0 Å². The van der Waals surface area contributed by atoms with Gasteiger partial charge in [0.1, 0.15) is 10.3 Å². The predicted octanol–water partition coefficient (Wildman–Crippen LogP) is 5.14. The van der Waals surface area contributed by atoms with Crippen LogP contribution in [-0.2, 0) is 36.3 Å². The summed E-state index contributed by atoms with van der Waals surface area (Å²) in [6.45, 7) is 10.2. The van der Waals surface area contributed by atoms with Crippen molar-refractivity contribution in [1.29, 1.82) is 0 Å². The van der Waals surface area contributed by atoms with Crippen LogP contribution in [0.4, 0.5) is 0 Å². The Bertz CT molecular complexity index is 1460. The summed E-state index contributed by atoms with van der Waals surface area (Å²) in [6, 6.07) is 7.26. The van der Waals surface area contributed by atoms with Gasteiger partial charge < -0.3 is 9.64 Å². The van der Waals surface area contributed by atoms with Crippen LogP contribution in [0, 0.1) is 0 Å². The van der Waals surface area contributed by atoms with Crippen molar-refractivity contribution in [2.24, 2.45) is 0 Å². The lowest BCUT2D eigenvalue weighted by molar-refractivity contribution is -0.144. The molecule has 38 heavy (non-hydrogen) atoms. The van der Waals surface area contributed by atoms with Crippen LogP contribution < -0.4 is 0 Å². The van der Waals surface area contributed by atoms with Crippen LogP contribution in [0.2, 0.25) is 5.02 Å². The molecule has 0 aliphatic carbocycles. The third-order valence-corrected chi connectivity index (χ3v) is 10.9. The largest absolute Gasteiger partial charge is 0.466 e. The molecule has 0 spiro atoms. The van der Waals surface area contributed by atoms with Gasteiger partial charge in [0.05, 0.1) is 31.8 Å². The number of fused-ring (bicyclic) bond motifs is 1. The maximum absolute atomic E-state index is 13.5. The minimum atomic E-state index is -3.86. The van der Waals surface area contributed by atoms with Gasteiger partial charge in [-0.3, -0.25) is 9.59 Å². The molecule has 1 unspecified atom stereocenters. The molecule has 0 N–H and O–H groups in total. The highest BCUT2D eigenvalue weighted by Gasteiger charge is 2.37. The van der Waals surface area contributed by atoms with E-state index in [4.69, 9.17) is 16.3 Å². The fourth-order valence-corrected chi connectivity index (χ4v) is 8.69. The number of thiazole rings is 1. The highest BCUT2D eigenvalue weighted by molar-refractivity contribution is 7.89. The number of nitrogens with zero attached hydrogens (tertiary/aromatic N) is 3. The second-order valence-electron chi connectivity index (χ2n) is 9.67. The normalized spacial score (nSPS) is 16.1. The average Bonchev–Trinajstić information content (AvgIpc) is 3.47. The van der Waals surface area contributed by atoms with Crippen molar-refractivity contribution in [2.75, 3.05) is 26.2 Å². The summed E-state index contributed by atoms with van der Waals surface area (Å²) < 4.78 is 34.3. The number of rotatable bonds is 10. The molecule has 1 amide bonds. The summed E-state index contributed by atoms with van der Waals surface area (Å²) in [5.74, 6) is -0.565. The van der Waals surface area contributed by atoms with E-state index < -0.39 is 20.7 Å². The van der Waals surface area contributed by atoms with Crippen LogP contribution in [0.5, 0.6) is 0 Å². The number of hydrogen-bond acceptors (Lipinski definition) is 8. The van der Waals surface area contributed by atoms with Crippen LogP contribution >= 0.6 is 34.3 Å². The van der Waals surface area contributed by atoms with E-state index in [0.29, 0.717) is 16.5 Å². The molecule has 0 saturated carbocycles. The SMILES string of the molecule is C=CC(c1cc2ccc(Cl)cc2s1)S(=O)(=O)N1CCN(Cc2nc(C(C)(C)CC(=O)OCC)cs2)C(=O)C1. The molecule has 4 rings (SSSR count). The first-order valence-electron chi connectivity index (χ1n) is 12.1. The molecule has 12 heteroatoms. The maximum Gasteiger partial charge on any atom is 0.306 e. The van der Waals surface area contributed by atoms with Gasteiger partial charge in [0, 0.05) is 38.5 Å². The highest BCUT2D eigenvalue weighted by Crippen LogP contribution is 2.37. The van der Waals surface area contributed by atoms with Gasteiger partial charge in [0.25, 0.3) is 0 Å². The number of sulfonamides is 1. The number of carbonyl (C=O) groups is 2. The third-order valence-electron chi connectivity index (χ3n) is 6.42. The number of halogens is 1. The van der Waals surface area contributed by atoms with E-state index in [1.807, 2.05) is 37.4 Å². The standard InChI is InChI=1S/C26H30ClN3O5S3/c1-5-21(20-11-17-7-8-18(27)12-19(17)37-20)38(33,34)30-10-9-29(24(31)15-30)14-23-28-22(16-36-23)26(3,4)13-25(32)35-6-2/h5,7-8,11-12,16,21H,1,6,9-10,13-15H2,2-4H3. The van der Waals surface area contributed by atoms with Crippen LogP contribution in [-0.4, -0.2) is 60.7 Å². The number of piperazine rings is 1. The molecule has 1 atom stereocenters. The zero-order valence-electron chi connectivity index (χ0n) is 21.5. The summed E-state index contributed by atoms with van der Waals surface area (Å²) in [7, 11) is -3.86. The average molecular weight is 596 g/mol. The van der Waals surface area contributed by atoms with Crippen molar-refractivity contribution in [3.63, 3.8) is 0 Å². The molecular weight excluding hydrogens is 566 g/mol. The van der Waals surface area contributed by atoms with Crippen LogP contribution in [0.25, 0.3) is 10.1 Å². The highest BCUT2D eigenvalue weighted by atomic mass is 35.5. The number of thiophene rings is 1. The number of carbonyl (C=O) groups excluding carboxylic acids is 2. The van der Waals surface area contributed by atoms with Gasteiger partial charge >= 0.3 is 5.97 Å². The molecule has 1 aromatic carbocycles. The number of benzene rings is 1. The summed E-state index contributed by atoms with van der Waals surface area (Å²) in [4.78, 5) is 31.9. The summed E-state index contributed by atoms with van der Waals surface area (Å²) in [6.07, 6.45) is 1.62. The van der Waals surface area contributed by atoms with Crippen molar-refractivity contribution in [2.45, 2.75) is 44.4 Å². The second kappa shape index (κ2) is 11.4. The Morgan fingerprint density at radius 2 is 2.08 bits per heavy atom. The second-order valence-corrected chi connectivity index (χ2v) is 14.2. The van der Waals surface area contributed by atoms with Crippen molar-refractivity contribution in [1.82, 2.24) is 14.2 Å². The minimum Gasteiger partial charge on any atom is -0.466 e. The van der Waals surface area contributed by atoms with E-state index in [1.54, 1.807) is 17.9 Å². The van der Waals surface area contributed by atoms with Crippen LogP contribution in [0.3, 0.4) is 0 Å². The zero-order chi connectivity index (χ0) is 27.7. The number of amides is 1. The molecule has 0 radical (unpaired) electrons. The Morgan fingerprint density at radius 1 is 1.32 bits per heavy atom. The molecule has 2 aromatic heterocycles. The van der Waals surface area contributed by atoms with Crippen LogP contribution in [0.1, 0.15) is 48.0 Å². The summed E-state index contributed by atoms with van der Waals surface area (Å²) >= 11 is 8.86. The number of hydrogen-bond donors (Lipinski definition) is 0. The number of ether oxygens (including phenoxy) is 1. The molecule has 1 aliphatic heterocycles. The van der Waals surface area contributed by atoms with Crippen molar-refractivity contribution < 1.29 is 22.7 Å². The molecule has 1 aliphatic rings. The molecule has 0 bridgehead atoms. The van der Waals surface area contributed by atoms with E-state index >= 15 is 0 Å². The fraction of sp³-hybridized carbons (Fsp3) is 0.423. The van der Waals surface area contributed by atoms with Crippen molar-refractivity contribution in [3.8, 4) is 0 Å². The van der Waals surface area contributed by atoms with Crippen molar-refractivity contribution in [3.05, 3.63) is 62.9 Å². The molecular formula is C26H30ClN3O5S3. The Hall–Kier alpha value is -2.31. The Morgan fingerprint density at radius 3 is 2.76 bits per heavy atom. The lowest BCUT2D eigenvalue weighted by atomic mass is 9.86. The smallest absolute Gasteiger partial charge is 0.306 e. The van der Waals surface area contributed by atoms with Gasteiger partial charge in [0.15, 0.2) is 0 Å². The first kappa shape index (κ1) is 28.7. The predicted molar refractivity (Wildman–Crippen MR) is 152 cm³/mol. The topological polar surface area (TPSA) is 96.9 Å². The lowest BCUT2D eigenvalue weighted by Gasteiger charge is -2.34. The number of aromatic nitrogens is 1. The first-order valence-corrected chi connectivity index (χ1v) is 15.7. The van der Waals surface area contributed by atoms with E-state index in [1.165, 1.54) is 33.1 Å². The molecule has 1 fully saturated rings. The van der Waals surface area contributed by atoms with Gasteiger partial charge in [-0.15, -0.1) is 29.3 Å². The number of esters is 1. The Balaban J connectivity index is 1.43. The van der Waals surface area contributed by atoms with Crippen LogP contribution in [0.15, 0.2) is 42.3 Å². The Kier molecular flexibility index (Phi) is 8.63. The summed E-state index contributed by atoms with van der Waals surface area (Å²) in [5.41, 5.74) is 0.257. The van der Waals surface area contributed by atoms with Gasteiger partial charge in [-0.2, -0.15) is 4.31 Å². The summed E-state index contributed by atoms with van der Waals surface area (Å²) in [5, 5.41) is 3.16.